The molecule has 0 aromatic heterocycles. The molecule has 0 radical (unpaired) electrons. The van der Waals surface area contributed by atoms with Gasteiger partial charge in [0, 0.05) is 21.8 Å². The first-order valence-corrected chi connectivity index (χ1v) is 11.8. The van der Waals surface area contributed by atoms with Crippen LogP contribution in [-0.4, -0.2) is 30.4 Å². The van der Waals surface area contributed by atoms with Gasteiger partial charge in [0.05, 0.1) is 5.56 Å². The molecule has 1 saturated heterocycles. The molecule has 1 aliphatic heterocycles. The third kappa shape index (κ3) is 6.01. The minimum Gasteiger partial charge on any atom is -0.471 e. The summed E-state index contributed by atoms with van der Waals surface area (Å²) in [5, 5.41) is 0. The second-order valence-corrected chi connectivity index (χ2v) is 8.94. The Hall–Kier alpha value is -2.34. The molecule has 2 aromatic rings. The van der Waals surface area contributed by atoms with E-state index in [4.69, 9.17) is 14.3 Å². The van der Waals surface area contributed by atoms with Crippen molar-refractivity contribution in [1.82, 2.24) is 4.90 Å². The van der Waals surface area contributed by atoms with Crippen molar-refractivity contribution in [1.29, 1.82) is 0 Å². The predicted octanol–water partition coefficient (Wildman–Crippen LogP) is 7.37. The van der Waals surface area contributed by atoms with Crippen LogP contribution >= 0.6 is 0 Å². The van der Waals surface area contributed by atoms with E-state index in [0.29, 0.717) is 29.9 Å². The standard InChI is InChI=1S/C28H35F3N2O/c1-3-21-16-23(10-11-24(21)18-33-14-7-15-33)20(2)32-19-34-25-12-13-26(22-8-5-4-6-9-22)27(17-25)28(29,30)31/h10-13,16-17,22H,3-9,14-15,18-19H2,1-2H3/i1D3,3D2,18D2. The van der Waals surface area contributed by atoms with Crippen molar-refractivity contribution in [2.24, 2.45) is 4.99 Å². The van der Waals surface area contributed by atoms with Crippen molar-refractivity contribution in [3.05, 3.63) is 64.2 Å². The van der Waals surface area contributed by atoms with Crippen LogP contribution in [0.4, 0.5) is 13.2 Å². The van der Waals surface area contributed by atoms with Gasteiger partial charge >= 0.3 is 6.18 Å². The van der Waals surface area contributed by atoms with E-state index in [2.05, 4.69) is 4.99 Å². The van der Waals surface area contributed by atoms with Crippen LogP contribution in [0.25, 0.3) is 0 Å². The molecule has 0 amide bonds. The Kier molecular flexibility index (Phi) is 5.52. The van der Waals surface area contributed by atoms with Gasteiger partial charge in [0.15, 0.2) is 6.73 Å². The number of halogens is 3. The average Bonchev–Trinajstić information content (AvgIpc) is 2.86. The van der Waals surface area contributed by atoms with Crippen molar-refractivity contribution in [3.63, 3.8) is 0 Å². The summed E-state index contributed by atoms with van der Waals surface area (Å²) in [7, 11) is 0. The smallest absolute Gasteiger partial charge is 0.416 e. The fourth-order valence-electron chi connectivity index (χ4n) is 4.50. The Bertz CT molecular complexity index is 1270. The van der Waals surface area contributed by atoms with Gasteiger partial charge in [-0.05, 0) is 92.0 Å². The number of alkyl halides is 3. The topological polar surface area (TPSA) is 24.8 Å². The van der Waals surface area contributed by atoms with Crippen molar-refractivity contribution < 1.29 is 27.5 Å². The fourth-order valence-corrected chi connectivity index (χ4v) is 4.50. The number of rotatable bonds is 8. The Morgan fingerprint density at radius 3 is 2.56 bits per heavy atom. The van der Waals surface area contributed by atoms with Crippen molar-refractivity contribution in [2.75, 3.05) is 19.8 Å². The molecule has 2 aromatic carbocycles. The summed E-state index contributed by atoms with van der Waals surface area (Å²) in [6.45, 7) is -2.91. The SMILES string of the molecule is [2H]C([2H])(c1ccc(C(C)=NCOc2ccc(C3CCCCC3)c(C(F)(F)F)c2)cc1C([2H])([2H])C([2H])([2H])[2H])N1CCC1. The number of likely N-dealkylation sites (tertiary alicyclic amines) is 1. The zero-order valence-corrected chi connectivity index (χ0v) is 19.3. The van der Waals surface area contributed by atoms with Gasteiger partial charge in [-0.2, -0.15) is 13.2 Å². The van der Waals surface area contributed by atoms with Crippen LogP contribution in [0, 0.1) is 0 Å². The maximum absolute atomic E-state index is 13.9. The highest BCUT2D eigenvalue weighted by molar-refractivity contribution is 5.98. The zero-order valence-electron chi connectivity index (χ0n) is 26.3. The quantitative estimate of drug-likeness (QED) is 0.369. The molecule has 1 saturated carbocycles. The molecule has 1 heterocycles. The van der Waals surface area contributed by atoms with Crippen LogP contribution in [0.1, 0.15) is 95.6 Å². The van der Waals surface area contributed by atoms with Crippen LogP contribution in [0.2, 0.25) is 0 Å². The van der Waals surface area contributed by atoms with Gasteiger partial charge in [-0.25, -0.2) is 0 Å². The minimum absolute atomic E-state index is 0.0194. The minimum atomic E-state index is -4.52. The second kappa shape index (κ2) is 10.9. The van der Waals surface area contributed by atoms with Gasteiger partial charge in [0.1, 0.15) is 5.75 Å². The normalized spacial score (nSPS) is 22.4. The van der Waals surface area contributed by atoms with Crippen molar-refractivity contribution >= 4 is 5.71 Å². The molecule has 0 atom stereocenters. The molecule has 2 fully saturated rings. The Morgan fingerprint density at radius 2 is 1.88 bits per heavy atom. The molecule has 6 heteroatoms. The number of hydrogen-bond donors (Lipinski definition) is 0. The highest BCUT2D eigenvalue weighted by Gasteiger charge is 2.36. The molecule has 0 bridgehead atoms. The third-order valence-electron chi connectivity index (χ3n) is 6.61. The number of nitrogens with zero attached hydrogens (tertiary/aromatic N) is 2. The number of ether oxygens (including phenoxy) is 1. The molecule has 3 nitrogen and oxygen atoms in total. The molecule has 0 spiro atoms. The molecule has 184 valence electrons. The summed E-state index contributed by atoms with van der Waals surface area (Å²) >= 11 is 0. The van der Waals surface area contributed by atoms with Gasteiger partial charge in [0.2, 0.25) is 0 Å². The lowest BCUT2D eigenvalue weighted by atomic mass is 9.82. The molecule has 2 aliphatic rings. The average molecular weight is 480 g/mol. The first-order valence-electron chi connectivity index (χ1n) is 15.3. The largest absolute Gasteiger partial charge is 0.471 e. The van der Waals surface area contributed by atoms with E-state index in [-0.39, 0.29) is 29.5 Å². The van der Waals surface area contributed by atoms with Crippen LogP contribution in [0.15, 0.2) is 41.4 Å². The molecule has 0 unspecified atom stereocenters. The lowest BCUT2D eigenvalue weighted by Gasteiger charge is -2.31. The summed E-state index contributed by atoms with van der Waals surface area (Å²) in [6, 6.07) is 8.21. The third-order valence-corrected chi connectivity index (χ3v) is 6.61. The first kappa shape index (κ1) is 17.1. The fraction of sp³-hybridized carbons (Fsp3) is 0.536. The number of aliphatic imine (C=N–C) groups is 1. The van der Waals surface area contributed by atoms with Crippen LogP contribution < -0.4 is 4.74 Å². The lowest BCUT2D eigenvalue weighted by Crippen LogP contribution is -2.36. The summed E-state index contributed by atoms with van der Waals surface area (Å²) in [5.74, 6) is -0.110. The van der Waals surface area contributed by atoms with E-state index in [1.54, 1.807) is 6.92 Å². The molecule has 4 rings (SSSR count). The first-order chi connectivity index (χ1) is 19.0. The van der Waals surface area contributed by atoms with E-state index >= 15 is 0 Å². The predicted molar refractivity (Wildman–Crippen MR) is 131 cm³/mol. The highest BCUT2D eigenvalue weighted by atomic mass is 19.4. The molecular weight excluding hydrogens is 437 g/mol. The molecule has 34 heavy (non-hydrogen) atoms. The van der Waals surface area contributed by atoms with Crippen LogP contribution in [0.5, 0.6) is 5.75 Å². The van der Waals surface area contributed by atoms with Gasteiger partial charge in [0.25, 0.3) is 0 Å². The monoisotopic (exact) mass is 479 g/mol. The Morgan fingerprint density at radius 1 is 1.09 bits per heavy atom. The summed E-state index contributed by atoms with van der Waals surface area (Å²) in [4.78, 5) is 5.80. The number of hydrogen-bond acceptors (Lipinski definition) is 3. The highest BCUT2D eigenvalue weighted by Crippen LogP contribution is 2.42. The van der Waals surface area contributed by atoms with E-state index < -0.39 is 31.5 Å². The number of aryl methyl sites for hydroxylation is 1. The van der Waals surface area contributed by atoms with Gasteiger partial charge in [-0.3, -0.25) is 9.89 Å². The summed E-state index contributed by atoms with van der Waals surface area (Å²) in [5.41, 5.74) is -0.0916. The van der Waals surface area contributed by atoms with Gasteiger partial charge in [-0.1, -0.05) is 44.3 Å². The van der Waals surface area contributed by atoms with Gasteiger partial charge < -0.3 is 4.74 Å². The number of benzene rings is 2. The van der Waals surface area contributed by atoms with E-state index in [1.165, 1.54) is 35.2 Å². The Labute approximate surface area is 210 Å². The van der Waals surface area contributed by atoms with Crippen molar-refractivity contribution in [2.45, 2.75) is 77.3 Å². The van der Waals surface area contributed by atoms with Crippen molar-refractivity contribution in [3.8, 4) is 5.75 Å². The lowest BCUT2D eigenvalue weighted by molar-refractivity contribution is -0.138. The van der Waals surface area contributed by atoms with Crippen LogP contribution in [-0.2, 0) is 19.0 Å². The molecular formula is C28H35F3N2O. The maximum atomic E-state index is 13.9. The molecule has 0 N–H and O–H groups in total. The van der Waals surface area contributed by atoms with E-state index in [1.807, 2.05) is 0 Å². The van der Waals surface area contributed by atoms with E-state index in [0.717, 1.165) is 44.6 Å². The van der Waals surface area contributed by atoms with E-state index in [9.17, 15) is 13.2 Å². The molecule has 1 aliphatic carbocycles. The van der Waals surface area contributed by atoms with Crippen LogP contribution in [0.3, 0.4) is 0 Å². The second-order valence-electron chi connectivity index (χ2n) is 8.94. The maximum Gasteiger partial charge on any atom is 0.416 e. The Balaban J connectivity index is 1.58. The summed E-state index contributed by atoms with van der Waals surface area (Å²) in [6.07, 6.45) is -2.26. The summed E-state index contributed by atoms with van der Waals surface area (Å²) < 4.78 is 104. The zero-order chi connectivity index (χ0) is 30.2. The van der Waals surface area contributed by atoms with Gasteiger partial charge in [-0.15, -0.1) is 0 Å².